The third kappa shape index (κ3) is 3.19. The van der Waals surface area contributed by atoms with Crippen LogP contribution < -0.4 is 11.1 Å². The van der Waals surface area contributed by atoms with Gasteiger partial charge in [0.05, 0.1) is 12.8 Å². The van der Waals surface area contributed by atoms with Crippen LogP contribution in [0.1, 0.15) is 21.7 Å². The van der Waals surface area contributed by atoms with Crippen LogP contribution in [0, 0.1) is 0 Å². The van der Waals surface area contributed by atoms with Gasteiger partial charge in [0.2, 0.25) is 5.91 Å². The van der Waals surface area contributed by atoms with E-state index in [1.165, 1.54) is 0 Å². The first-order valence-corrected chi connectivity index (χ1v) is 5.37. The molecule has 0 radical (unpaired) electrons. The fourth-order valence-corrected chi connectivity index (χ4v) is 1.58. The van der Waals surface area contributed by atoms with Crippen LogP contribution in [-0.4, -0.2) is 5.91 Å². The Morgan fingerprint density at radius 1 is 1.24 bits per heavy atom. The summed E-state index contributed by atoms with van der Waals surface area (Å²) in [5.41, 5.74) is 6.77. The summed E-state index contributed by atoms with van der Waals surface area (Å²) in [7, 11) is 0. The molecule has 2 aromatic rings. The molecule has 0 saturated carbocycles. The highest BCUT2D eigenvalue weighted by Gasteiger charge is 2.01. The Morgan fingerprint density at radius 3 is 2.82 bits per heavy atom. The second-order valence-electron chi connectivity index (χ2n) is 3.75. The van der Waals surface area contributed by atoms with Crippen molar-refractivity contribution in [1.29, 1.82) is 0 Å². The minimum absolute atomic E-state index is 0.405. The van der Waals surface area contributed by atoms with E-state index in [9.17, 15) is 4.79 Å². The lowest BCUT2D eigenvalue weighted by Crippen LogP contribution is -2.14. The van der Waals surface area contributed by atoms with Gasteiger partial charge in [0, 0.05) is 12.1 Å². The van der Waals surface area contributed by atoms with Crippen LogP contribution in [0.3, 0.4) is 0 Å². The number of hydrogen-bond acceptors (Lipinski definition) is 3. The lowest BCUT2D eigenvalue weighted by molar-refractivity contribution is 0.1000. The minimum Gasteiger partial charge on any atom is -0.468 e. The van der Waals surface area contributed by atoms with Crippen LogP contribution in [0.2, 0.25) is 0 Å². The molecule has 0 fully saturated rings. The zero-order valence-corrected chi connectivity index (χ0v) is 9.35. The average Bonchev–Trinajstić information content (AvgIpc) is 2.82. The van der Waals surface area contributed by atoms with Gasteiger partial charge in [-0.2, -0.15) is 0 Å². The fraction of sp³-hybridized carbons (Fsp3) is 0.154. The molecule has 4 heteroatoms. The number of nitrogens with two attached hydrogens (primary N) is 1. The molecule has 4 nitrogen and oxygen atoms in total. The van der Waals surface area contributed by atoms with Crippen LogP contribution in [0.15, 0.2) is 47.1 Å². The number of furan rings is 1. The van der Waals surface area contributed by atoms with Gasteiger partial charge in [-0.25, -0.2) is 0 Å². The Bertz CT molecular complexity index is 492. The van der Waals surface area contributed by atoms with Gasteiger partial charge in [0.15, 0.2) is 0 Å². The number of carbonyl (C=O) groups is 1. The molecule has 88 valence electrons. The summed E-state index contributed by atoms with van der Waals surface area (Å²) in [6.45, 7) is 1.33. The molecule has 0 aliphatic carbocycles. The predicted octanol–water partition coefficient (Wildman–Crippen LogP) is 1.67. The maximum atomic E-state index is 11.0. The lowest BCUT2D eigenvalue weighted by Gasteiger charge is -2.04. The van der Waals surface area contributed by atoms with Crippen molar-refractivity contribution in [3.63, 3.8) is 0 Å². The van der Waals surface area contributed by atoms with E-state index in [4.69, 9.17) is 10.2 Å². The van der Waals surface area contributed by atoms with Crippen molar-refractivity contribution in [2.45, 2.75) is 13.1 Å². The molecule has 1 amide bonds. The van der Waals surface area contributed by atoms with Gasteiger partial charge in [-0.1, -0.05) is 12.1 Å². The molecule has 2 rings (SSSR count). The number of amides is 1. The van der Waals surface area contributed by atoms with E-state index in [0.29, 0.717) is 18.7 Å². The van der Waals surface area contributed by atoms with E-state index in [2.05, 4.69) is 5.32 Å². The van der Waals surface area contributed by atoms with E-state index in [1.807, 2.05) is 24.3 Å². The third-order valence-corrected chi connectivity index (χ3v) is 2.42. The zero-order chi connectivity index (χ0) is 12.1. The molecule has 0 atom stereocenters. The quantitative estimate of drug-likeness (QED) is 0.821. The van der Waals surface area contributed by atoms with Gasteiger partial charge >= 0.3 is 0 Å². The second-order valence-corrected chi connectivity index (χ2v) is 3.75. The average molecular weight is 230 g/mol. The molecule has 0 aliphatic heterocycles. The molecule has 0 spiro atoms. The Morgan fingerprint density at radius 2 is 2.12 bits per heavy atom. The van der Waals surface area contributed by atoms with E-state index in [1.54, 1.807) is 18.4 Å². The summed E-state index contributed by atoms with van der Waals surface area (Å²) in [4.78, 5) is 11.0. The van der Waals surface area contributed by atoms with Gasteiger partial charge in [-0.3, -0.25) is 4.79 Å². The second kappa shape index (κ2) is 5.32. The van der Waals surface area contributed by atoms with E-state index < -0.39 is 5.91 Å². The molecule has 0 aliphatic rings. The summed E-state index contributed by atoms with van der Waals surface area (Å²) in [5.74, 6) is 0.481. The van der Waals surface area contributed by atoms with E-state index in [-0.39, 0.29) is 0 Å². The van der Waals surface area contributed by atoms with Crippen molar-refractivity contribution in [3.8, 4) is 0 Å². The molecule has 0 bridgehead atoms. The predicted molar refractivity (Wildman–Crippen MR) is 64.2 cm³/mol. The molecular weight excluding hydrogens is 216 g/mol. The summed E-state index contributed by atoms with van der Waals surface area (Å²) in [5, 5.41) is 3.22. The van der Waals surface area contributed by atoms with Crippen molar-refractivity contribution in [1.82, 2.24) is 5.32 Å². The SMILES string of the molecule is NC(=O)c1cccc(CNCc2ccco2)c1. The number of nitrogens with one attached hydrogen (secondary N) is 1. The fourth-order valence-electron chi connectivity index (χ4n) is 1.58. The molecule has 0 saturated heterocycles. The first-order chi connectivity index (χ1) is 8.25. The molecular formula is C13H14N2O2. The van der Waals surface area contributed by atoms with Crippen LogP contribution in [0.25, 0.3) is 0 Å². The van der Waals surface area contributed by atoms with Gasteiger partial charge in [0.25, 0.3) is 0 Å². The normalized spacial score (nSPS) is 10.4. The van der Waals surface area contributed by atoms with Gasteiger partial charge < -0.3 is 15.5 Å². The first-order valence-electron chi connectivity index (χ1n) is 5.37. The zero-order valence-electron chi connectivity index (χ0n) is 9.35. The monoisotopic (exact) mass is 230 g/mol. The summed E-state index contributed by atoms with van der Waals surface area (Å²) >= 11 is 0. The lowest BCUT2D eigenvalue weighted by atomic mass is 10.1. The van der Waals surface area contributed by atoms with Crippen LogP contribution >= 0.6 is 0 Å². The highest BCUT2D eigenvalue weighted by molar-refractivity contribution is 5.92. The Labute approximate surface area is 99.4 Å². The van der Waals surface area contributed by atoms with E-state index in [0.717, 1.165) is 11.3 Å². The summed E-state index contributed by atoms with van der Waals surface area (Å²) < 4.78 is 5.20. The summed E-state index contributed by atoms with van der Waals surface area (Å²) in [6, 6.07) is 11.0. The number of benzene rings is 1. The Hall–Kier alpha value is -2.07. The van der Waals surface area contributed by atoms with E-state index >= 15 is 0 Å². The molecule has 1 aromatic heterocycles. The number of carbonyl (C=O) groups excluding carboxylic acids is 1. The number of primary amides is 1. The van der Waals surface area contributed by atoms with Crippen molar-refractivity contribution in [3.05, 3.63) is 59.5 Å². The van der Waals surface area contributed by atoms with Gasteiger partial charge in [0.1, 0.15) is 5.76 Å². The van der Waals surface area contributed by atoms with Crippen molar-refractivity contribution >= 4 is 5.91 Å². The highest BCUT2D eigenvalue weighted by atomic mass is 16.3. The Balaban J connectivity index is 1.90. The maximum absolute atomic E-state index is 11.0. The molecule has 0 unspecified atom stereocenters. The standard InChI is InChI=1S/C13H14N2O2/c14-13(16)11-4-1-3-10(7-11)8-15-9-12-5-2-6-17-12/h1-7,15H,8-9H2,(H2,14,16). The molecule has 3 N–H and O–H groups in total. The van der Waals surface area contributed by atoms with Gasteiger partial charge in [-0.05, 0) is 29.8 Å². The van der Waals surface area contributed by atoms with Crippen molar-refractivity contribution < 1.29 is 9.21 Å². The largest absolute Gasteiger partial charge is 0.468 e. The highest BCUT2D eigenvalue weighted by Crippen LogP contribution is 2.05. The molecule has 1 heterocycles. The molecule has 17 heavy (non-hydrogen) atoms. The minimum atomic E-state index is -0.405. The summed E-state index contributed by atoms with van der Waals surface area (Å²) in [6.07, 6.45) is 1.64. The van der Waals surface area contributed by atoms with Crippen LogP contribution in [0.4, 0.5) is 0 Å². The van der Waals surface area contributed by atoms with Crippen LogP contribution in [0.5, 0.6) is 0 Å². The van der Waals surface area contributed by atoms with Gasteiger partial charge in [-0.15, -0.1) is 0 Å². The molecule has 1 aromatic carbocycles. The third-order valence-electron chi connectivity index (χ3n) is 2.42. The van der Waals surface area contributed by atoms with Crippen molar-refractivity contribution in [2.24, 2.45) is 5.73 Å². The maximum Gasteiger partial charge on any atom is 0.248 e. The number of hydrogen-bond donors (Lipinski definition) is 2. The first kappa shape index (κ1) is 11.4. The topological polar surface area (TPSA) is 68.3 Å². The number of rotatable bonds is 5. The van der Waals surface area contributed by atoms with Crippen molar-refractivity contribution in [2.75, 3.05) is 0 Å². The van der Waals surface area contributed by atoms with Crippen LogP contribution in [-0.2, 0) is 13.1 Å². The Kier molecular flexibility index (Phi) is 3.57. The smallest absolute Gasteiger partial charge is 0.248 e.